The summed E-state index contributed by atoms with van der Waals surface area (Å²) in [5, 5.41) is 18.2. The Balaban J connectivity index is 3.03. The largest absolute Gasteiger partial charge is 0.733 e. The van der Waals surface area contributed by atoms with Crippen LogP contribution in [0.5, 0.6) is 0 Å². The Morgan fingerprint density at radius 1 is 1.70 bits per heavy atom. The maximum Gasteiger partial charge on any atom is 0.153 e. The molecule has 0 aliphatic carbocycles. The lowest BCUT2D eigenvalue weighted by molar-refractivity contribution is 0.296. The second-order valence-corrected chi connectivity index (χ2v) is 1.94. The van der Waals surface area contributed by atoms with Crippen molar-refractivity contribution in [3.05, 3.63) is 28.7 Å². The smallest absolute Gasteiger partial charge is 0.153 e. The van der Waals surface area contributed by atoms with Crippen LogP contribution in [0.15, 0.2) is 18.3 Å². The van der Waals surface area contributed by atoms with Gasteiger partial charge in [-0.2, -0.15) is 0 Å². The van der Waals surface area contributed by atoms with Gasteiger partial charge < -0.3 is 10.4 Å². The SMILES string of the molecule is [O-]N(O)c1cccnc1Cl. The molecule has 0 amide bonds. The van der Waals surface area contributed by atoms with E-state index in [-0.39, 0.29) is 16.1 Å². The molecule has 0 unspecified atom stereocenters. The van der Waals surface area contributed by atoms with Crippen molar-refractivity contribution in [1.82, 2.24) is 4.98 Å². The first-order chi connectivity index (χ1) is 4.72. The van der Waals surface area contributed by atoms with Gasteiger partial charge in [-0.15, -0.1) is 0 Å². The molecule has 0 bridgehead atoms. The van der Waals surface area contributed by atoms with Gasteiger partial charge in [0.25, 0.3) is 0 Å². The van der Waals surface area contributed by atoms with Crippen LogP contribution in [0.2, 0.25) is 5.15 Å². The Morgan fingerprint density at radius 3 is 2.80 bits per heavy atom. The van der Waals surface area contributed by atoms with E-state index in [1.807, 2.05) is 0 Å². The van der Waals surface area contributed by atoms with E-state index < -0.39 is 0 Å². The predicted octanol–water partition coefficient (Wildman–Crippen LogP) is 1.43. The first-order valence-electron chi connectivity index (χ1n) is 2.48. The summed E-state index contributed by atoms with van der Waals surface area (Å²) in [5.41, 5.74) is -0.0517. The molecular formula is C5H4ClN2O2-. The number of rotatable bonds is 1. The molecule has 0 aliphatic rings. The summed E-state index contributed by atoms with van der Waals surface area (Å²) < 4.78 is 0. The van der Waals surface area contributed by atoms with Crippen LogP contribution in [0.25, 0.3) is 0 Å². The molecular weight excluding hydrogens is 156 g/mol. The number of nitrogens with zero attached hydrogens (tertiary/aromatic N) is 2. The van der Waals surface area contributed by atoms with E-state index in [1.165, 1.54) is 18.3 Å². The van der Waals surface area contributed by atoms with Gasteiger partial charge >= 0.3 is 0 Å². The van der Waals surface area contributed by atoms with Gasteiger partial charge in [-0.1, -0.05) is 11.6 Å². The lowest BCUT2D eigenvalue weighted by Gasteiger charge is -2.21. The van der Waals surface area contributed by atoms with Crippen LogP contribution in [-0.4, -0.2) is 10.2 Å². The molecule has 0 fully saturated rings. The number of hydrogen-bond donors (Lipinski definition) is 1. The summed E-state index contributed by atoms with van der Waals surface area (Å²) in [5.74, 6) is 0. The second-order valence-electron chi connectivity index (χ2n) is 1.59. The lowest BCUT2D eigenvalue weighted by atomic mass is 10.4. The molecule has 5 heteroatoms. The minimum atomic E-state index is -0.324. The zero-order valence-corrected chi connectivity index (χ0v) is 5.62. The summed E-state index contributed by atoms with van der Waals surface area (Å²) >= 11 is 5.41. The molecule has 0 atom stereocenters. The standard InChI is InChI=1S/C5H4ClN2O2/c6-5-4(8(9)10)2-1-3-7-5/h1-3,9H/q-1. The Morgan fingerprint density at radius 2 is 2.40 bits per heavy atom. The minimum Gasteiger partial charge on any atom is -0.733 e. The van der Waals surface area contributed by atoms with Gasteiger partial charge in [-0.3, -0.25) is 5.21 Å². The van der Waals surface area contributed by atoms with E-state index in [0.29, 0.717) is 0 Å². The molecule has 4 nitrogen and oxygen atoms in total. The molecule has 1 heterocycles. The number of halogens is 1. The minimum absolute atomic E-state index is 0.0139. The molecule has 1 N–H and O–H groups in total. The van der Waals surface area contributed by atoms with Crippen LogP contribution in [-0.2, 0) is 0 Å². The average Bonchev–Trinajstić information content (AvgIpc) is 1.88. The number of aromatic nitrogens is 1. The maximum atomic E-state index is 10.2. The molecule has 54 valence electrons. The van der Waals surface area contributed by atoms with Crippen LogP contribution in [0, 0.1) is 5.21 Å². The number of anilines is 1. The van der Waals surface area contributed by atoms with Gasteiger partial charge in [0.05, 0.1) is 5.69 Å². The van der Waals surface area contributed by atoms with Gasteiger partial charge in [-0.25, -0.2) is 4.98 Å². The first kappa shape index (κ1) is 7.27. The van der Waals surface area contributed by atoms with Crippen molar-refractivity contribution < 1.29 is 5.21 Å². The van der Waals surface area contributed by atoms with E-state index in [2.05, 4.69) is 4.98 Å². The van der Waals surface area contributed by atoms with Crippen molar-refractivity contribution in [2.75, 3.05) is 5.23 Å². The van der Waals surface area contributed by atoms with Gasteiger partial charge in [0, 0.05) is 6.20 Å². The molecule has 1 rings (SSSR count). The maximum absolute atomic E-state index is 10.2. The van der Waals surface area contributed by atoms with Crippen molar-refractivity contribution in [3.63, 3.8) is 0 Å². The number of hydrogen-bond acceptors (Lipinski definition) is 4. The highest BCUT2D eigenvalue weighted by molar-refractivity contribution is 6.31. The van der Waals surface area contributed by atoms with Crippen LogP contribution < -0.4 is 5.23 Å². The van der Waals surface area contributed by atoms with Crippen molar-refractivity contribution in [2.45, 2.75) is 0 Å². The molecule has 0 saturated heterocycles. The molecule has 0 radical (unpaired) electrons. The van der Waals surface area contributed by atoms with Crippen molar-refractivity contribution in [2.24, 2.45) is 0 Å². The van der Waals surface area contributed by atoms with Crippen LogP contribution in [0.1, 0.15) is 0 Å². The fraction of sp³-hybridized carbons (Fsp3) is 0. The Hall–Kier alpha value is -0.840. The third-order valence-corrected chi connectivity index (χ3v) is 1.24. The van der Waals surface area contributed by atoms with Crippen LogP contribution in [0.4, 0.5) is 5.69 Å². The second kappa shape index (κ2) is 2.83. The highest BCUT2D eigenvalue weighted by Gasteiger charge is 1.97. The predicted molar refractivity (Wildman–Crippen MR) is 36.9 cm³/mol. The third-order valence-electron chi connectivity index (χ3n) is 0.945. The van der Waals surface area contributed by atoms with Crippen LogP contribution >= 0.6 is 11.6 Å². The van der Waals surface area contributed by atoms with Crippen molar-refractivity contribution >= 4 is 17.3 Å². The molecule has 0 aliphatic heterocycles. The van der Waals surface area contributed by atoms with E-state index in [9.17, 15) is 5.21 Å². The highest BCUT2D eigenvalue weighted by Crippen LogP contribution is 2.19. The normalized spacial score (nSPS) is 9.50. The van der Waals surface area contributed by atoms with Gasteiger partial charge in [0.15, 0.2) is 5.15 Å². The van der Waals surface area contributed by atoms with Gasteiger partial charge in [-0.05, 0) is 12.1 Å². The molecule has 0 aromatic carbocycles. The van der Waals surface area contributed by atoms with E-state index in [1.54, 1.807) is 0 Å². The summed E-state index contributed by atoms with van der Waals surface area (Å²) in [6.45, 7) is 0. The Bertz CT molecular complexity index is 229. The monoisotopic (exact) mass is 159 g/mol. The molecule has 10 heavy (non-hydrogen) atoms. The van der Waals surface area contributed by atoms with E-state index >= 15 is 0 Å². The summed E-state index contributed by atoms with van der Waals surface area (Å²) in [7, 11) is 0. The quantitative estimate of drug-likeness (QED) is 0.498. The zero-order chi connectivity index (χ0) is 7.56. The van der Waals surface area contributed by atoms with Crippen molar-refractivity contribution in [1.29, 1.82) is 0 Å². The Kier molecular flexibility index (Phi) is 2.06. The van der Waals surface area contributed by atoms with Crippen molar-refractivity contribution in [3.8, 4) is 0 Å². The summed E-state index contributed by atoms with van der Waals surface area (Å²) in [6.07, 6.45) is 1.43. The van der Waals surface area contributed by atoms with E-state index in [4.69, 9.17) is 16.8 Å². The molecule has 0 saturated carbocycles. The highest BCUT2D eigenvalue weighted by atomic mass is 35.5. The molecule has 1 aromatic rings. The molecule has 0 spiro atoms. The average molecular weight is 160 g/mol. The zero-order valence-electron chi connectivity index (χ0n) is 4.86. The van der Waals surface area contributed by atoms with Gasteiger partial charge in [0.2, 0.25) is 0 Å². The fourth-order valence-corrected chi connectivity index (χ4v) is 0.712. The summed E-state index contributed by atoms with van der Waals surface area (Å²) in [6, 6.07) is 2.87. The topological polar surface area (TPSA) is 59.4 Å². The Labute approximate surface area is 62.2 Å². The van der Waals surface area contributed by atoms with Gasteiger partial charge in [0.1, 0.15) is 0 Å². The fourth-order valence-electron chi connectivity index (χ4n) is 0.520. The lowest BCUT2D eigenvalue weighted by Crippen LogP contribution is -2.07. The third kappa shape index (κ3) is 1.36. The van der Waals surface area contributed by atoms with E-state index in [0.717, 1.165) is 0 Å². The number of pyridine rings is 1. The molecule has 1 aromatic heterocycles. The van der Waals surface area contributed by atoms with Crippen LogP contribution in [0.3, 0.4) is 0 Å². The first-order valence-corrected chi connectivity index (χ1v) is 2.86. The summed E-state index contributed by atoms with van der Waals surface area (Å²) in [4.78, 5) is 3.56.